The molecular formula is C74H139NO10. The number of ether oxygens (including phenoxy) is 3. The van der Waals surface area contributed by atoms with Crippen molar-refractivity contribution in [2.45, 2.75) is 403 Å². The maximum absolute atomic E-state index is 13.0. The number of hydrogen-bond acceptors (Lipinski definition) is 10. The van der Waals surface area contributed by atoms with Crippen molar-refractivity contribution in [3.63, 3.8) is 0 Å². The Kier molecular flexibility index (Phi) is 60.4. The van der Waals surface area contributed by atoms with Gasteiger partial charge in [-0.3, -0.25) is 9.59 Å². The van der Waals surface area contributed by atoms with Crippen LogP contribution in [0.1, 0.15) is 361 Å². The van der Waals surface area contributed by atoms with Crippen molar-refractivity contribution in [1.29, 1.82) is 0 Å². The Morgan fingerprint density at radius 3 is 1.13 bits per heavy atom. The maximum atomic E-state index is 13.0. The lowest BCUT2D eigenvalue weighted by Crippen LogP contribution is -2.60. The number of hydrogen-bond donors (Lipinski definition) is 6. The van der Waals surface area contributed by atoms with E-state index in [9.17, 15) is 35.1 Å². The molecular weight excluding hydrogens is 1060 g/mol. The van der Waals surface area contributed by atoms with Crippen molar-refractivity contribution < 1.29 is 49.3 Å². The highest BCUT2D eigenvalue weighted by molar-refractivity contribution is 5.76. The number of amides is 1. The largest absolute Gasteiger partial charge is 0.466 e. The van der Waals surface area contributed by atoms with Gasteiger partial charge in [-0.1, -0.05) is 301 Å². The SMILES string of the molecule is CCCCCCCCC/C=C\CCCCCCCCCC(=O)OCCCCCCCCCCCCCC/C=C\CCCCCCCCCCCCCCCCC(=O)NC(COC1OC(CO)C(O)C(O)C1O)C(O)/C=C/CCCCCCCCC. The van der Waals surface area contributed by atoms with Crippen LogP contribution in [0.4, 0.5) is 0 Å². The summed E-state index contributed by atoms with van der Waals surface area (Å²) in [6, 6.07) is -0.807. The summed E-state index contributed by atoms with van der Waals surface area (Å²) in [7, 11) is 0. The molecule has 500 valence electrons. The summed E-state index contributed by atoms with van der Waals surface area (Å²) in [6.07, 6.45) is 71.6. The summed E-state index contributed by atoms with van der Waals surface area (Å²) < 4.78 is 16.7. The van der Waals surface area contributed by atoms with Crippen LogP contribution in [0.2, 0.25) is 0 Å². The van der Waals surface area contributed by atoms with E-state index in [4.69, 9.17) is 14.2 Å². The Balaban J connectivity index is 1.89. The summed E-state index contributed by atoms with van der Waals surface area (Å²) in [5.41, 5.74) is 0. The normalized spacial score (nSPS) is 18.1. The first-order valence-electron chi connectivity index (χ1n) is 36.8. The smallest absolute Gasteiger partial charge is 0.305 e. The van der Waals surface area contributed by atoms with Crippen LogP contribution in [0.15, 0.2) is 36.5 Å². The van der Waals surface area contributed by atoms with Crippen LogP contribution < -0.4 is 5.32 Å². The van der Waals surface area contributed by atoms with Gasteiger partial charge in [0.1, 0.15) is 24.4 Å². The number of unbranched alkanes of at least 4 members (excludes halogenated alkanes) is 47. The first-order valence-corrected chi connectivity index (χ1v) is 36.8. The van der Waals surface area contributed by atoms with Gasteiger partial charge in [0.25, 0.3) is 0 Å². The molecule has 1 heterocycles. The van der Waals surface area contributed by atoms with E-state index in [2.05, 4.69) is 43.5 Å². The maximum Gasteiger partial charge on any atom is 0.305 e. The van der Waals surface area contributed by atoms with Gasteiger partial charge >= 0.3 is 5.97 Å². The molecule has 7 unspecified atom stereocenters. The van der Waals surface area contributed by atoms with Gasteiger partial charge in [-0.25, -0.2) is 0 Å². The lowest BCUT2D eigenvalue weighted by atomic mass is 9.99. The van der Waals surface area contributed by atoms with Gasteiger partial charge in [-0.15, -0.1) is 0 Å². The fourth-order valence-corrected chi connectivity index (χ4v) is 11.7. The predicted molar refractivity (Wildman–Crippen MR) is 357 cm³/mol. The average molecular weight is 1200 g/mol. The van der Waals surface area contributed by atoms with Gasteiger partial charge in [0.15, 0.2) is 6.29 Å². The third-order valence-electron chi connectivity index (χ3n) is 17.5. The molecule has 1 rings (SSSR count). The monoisotopic (exact) mass is 1200 g/mol. The van der Waals surface area contributed by atoms with Gasteiger partial charge in [0, 0.05) is 12.8 Å². The molecule has 0 aromatic carbocycles. The van der Waals surface area contributed by atoms with Crippen LogP contribution >= 0.6 is 0 Å². The first-order chi connectivity index (χ1) is 41.7. The van der Waals surface area contributed by atoms with Crippen LogP contribution in [0.25, 0.3) is 0 Å². The molecule has 11 nitrogen and oxygen atoms in total. The number of carbonyl (C=O) groups is 2. The van der Waals surface area contributed by atoms with Gasteiger partial charge < -0.3 is 45.1 Å². The highest BCUT2D eigenvalue weighted by Crippen LogP contribution is 2.23. The number of esters is 1. The Morgan fingerprint density at radius 1 is 0.424 bits per heavy atom. The van der Waals surface area contributed by atoms with Crippen molar-refractivity contribution in [1.82, 2.24) is 5.32 Å². The summed E-state index contributed by atoms with van der Waals surface area (Å²) in [4.78, 5) is 25.1. The molecule has 7 atom stereocenters. The number of nitrogens with one attached hydrogen (secondary N) is 1. The second-order valence-corrected chi connectivity index (χ2v) is 25.6. The molecule has 0 radical (unpaired) electrons. The summed E-state index contributed by atoms with van der Waals surface area (Å²) >= 11 is 0. The predicted octanol–water partition coefficient (Wildman–Crippen LogP) is 19.0. The van der Waals surface area contributed by atoms with Gasteiger partial charge in [0.2, 0.25) is 5.91 Å². The van der Waals surface area contributed by atoms with Gasteiger partial charge in [-0.05, 0) is 83.5 Å². The van der Waals surface area contributed by atoms with E-state index in [1.54, 1.807) is 6.08 Å². The Bertz CT molecular complexity index is 1510. The average Bonchev–Trinajstić information content (AvgIpc) is 3.48. The topological polar surface area (TPSA) is 175 Å². The molecule has 0 aliphatic carbocycles. The van der Waals surface area contributed by atoms with Gasteiger partial charge in [-0.2, -0.15) is 0 Å². The van der Waals surface area contributed by atoms with E-state index in [0.29, 0.717) is 19.4 Å². The first kappa shape index (κ1) is 80.9. The molecule has 1 aliphatic rings. The molecule has 0 bridgehead atoms. The second-order valence-electron chi connectivity index (χ2n) is 25.6. The third kappa shape index (κ3) is 52.4. The minimum absolute atomic E-state index is 0.00630. The van der Waals surface area contributed by atoms with Crippen molar-refractivity contribution in [3.8, 4) is 0 Å². The Hall–Kier alpha value is -2.12. The highest BCUT2D eigenvalue weighted by Gasteiger charge is 2.44. The molecule has 0 aromatic heterocycles. The highest BCUT2D eigenvalue weighted by atomic mass is 16.7. The van der Waals surface area contributed by atoms with Crippen LogP contribution in [-0.4, -0.2) is 100 Å². The van der Waals surface area contributed by atoms with E-state index in [1.165, 1.54) is 276 Å². The number of carbonyl (C=O) groups excluding carboxylic acids is 2. The molecule has 1 saturated heterocycles. The zero-order valence-corrected chi connectivity index (χ0v) is 55.6. The van der Waals surface area contributed by atoms with Crippen molar-refractivity contribution in [2.75, 3.05) is 19.8 Å². The standard InChI is InChI=1S/C74H139NO10/c1-3-5-7-9-11-13-14-15-16-17-33-36-39-42-46-50-54-58-62-70(79)83-63-59-55-51-47-43-40-37-34-31-29-27-25-23-21-19-18-20-22-24-26-28-30-32-35-38-41-45-49-53-57-61-69(78)75-66(67(77)60-56-52-48-44-12-10-8-6-4-2)65-84-74-73(82)72(81)71(80)68(64-76)85-74/h16-17,19,21,56,60,66-68,71-74,76-77,80-82H,3-15,18,20,22-55,57-59,61-65H2,1-2H3,(H,75,78)/b17-16-,21-19-,60-56+. The van der Waals surface area contributed by atoms with E-state index in [1.807, 2.05) is 6.08 Å². The molecule has 0 spiro atoms. The Labute approximate surface area is 523 Å². The lowest BCUT2D eigenvalue weighted by Gasteiger charge is -2.40. The van der Waals surface area contributed by atoms with Crippen LogP contribution in [0, 0.1) is 0 Å². The quantitative estimate of drug-likeness (QED) is 0.0195. The summed E-state index contributed by atoms with van der Waals surface area (Å²) in [5.74, 6) is -0.175. The number of aliphatic hydroxyl groups excluding tert-OH is 5. The zero-order valence-electron chi connectivity index (χ0n) is 55.6. The molecule has 1 amide bonds. The second kappa shape index (κ2) is 63.4. The number of allylic oxidation sites excluding steroid dienone is 5. The van der Waals surface area contributed by atoms with Crippen molar-refractivity contribution >= 4 is 11.9 Å². The number of aliphatic hydroxyl groups is 5. The molecule has 6 N–H and O–H groups in total. The molecule has 11 heteroatoms. The summed E-state index contributed by atoms with van der Waals surface area (Å²) in [5, 5.41) is 54.3. The molecule has 0 saturated carbocycles. The molecule has 0 aromatic rings. The molecule has 1 aliphatic heterocycles. The number of rotatable bonds is 65. The van der Waals surface area contributed by atoms with Crippen LogP contribution in [-0.2, 0) is 23.8 Å². The fraction of sp³-hybridized carbons (Fsp3) is 0.892. The van der Waals surface area contributed by atoms with E-state index < -0.39 is 49.5 Å². The van der Waals surface area contributed by atoms with E-state index in [-0.39, 0.29) is 18.5 Å². The molecule has 85 heavy (non-hydrogen) atoms. The molecule has 1 fully saturated rings. The van der Waals surface area contributed by atoms with Crippen LogP contribution in [0.3, 0.4) is 0 Å². The zero-order chi connectivity index (χ0) is 61.6. The summed E-state index contributed by atoms with van der Waals surface area (Å²) in [6.45, 7) is 4.34. The third-order valence-corrected chi connectivity index (χ3v) is 17.5. The van der Waals surface area contributed by atoms with E-state index >= 15 is 0 Å². The van der Waals surface area contributed by atoms with Crippen molar-refractivity contribution in [3.05, 3.63) is 36.5 Å². The minimum atomic E-state index is -1.57. The Morgan fingerprint density at radius 2 is 0.753 bits per heavy atom. The van der Waals surface area contributed by atoms with Crippen LogP contribution in [0.5, 0.6) is 0 Å². The lowest BCUT2D eigenvalue weighted by molar-refractivity contribution is -0.302. The minimum Gasteiger partial charge on any atom is -0.466 e. The van der Waals surface area contributed by atoms with Gasteiger partial charge in [0.05, 0.1) is 32.0 Å². The van der Waals surface area contributed by atoms with E-state index in [0.717, 1.165) is 57.8 Å². The fourth-order valence-electron chi connectivity index (χ4n) is 11.7. The van der Waals surface area contributed by atoms with Crippen molar-refractivity contribution in [2.24, 2.45) is 0 Å².